The molecule has 1 atom stereocenters. The van der Waals surface area contributed by atoms with Crippen molar-refractivity contribution >= 4 is 28.4 Å². The largest absolute Gasteiger partial charge is 0.454 e. The number of H-pyrrole nitrogens is 1. The smallest absolute Gasteiger partial charge is 0.231 e. The van der Waals surface area contributed by atoms with Crippen molar-refractivity contribution in [2.45, 2.75) is 12.8 Å². The molecule has 1 aromatic heterocycles. The highest BCUT2D eigenvalue weighted by atomic mass is 19.1. The first-order chi connectivity index (χ1) is 14.6. The molecule has 2 aliphatic rings. The van der Waals surface area contributed by atoms with Crippen molar-refractivity contribution in [1.82, 2.24) is 9.88 Å². The molecule has 1 fully saturated rings. The molecule has 154 valence electrons. The summed E-state index contributed by atoms with van der Waals surface area (Å²) in [5.74, 6) is 0.286. The van der Waals surface area contributed by atoms with Gasteiger partial charge in [-0.05, 0) is 42.3 Å². The van der Waals surface area contributed by atoms with Crippen LogP contribution in [0.15, 0.2) is 42.6 Å². The van der Waals surface area contributed by atoms with Gasteiger partial charge in [-0.2, -0.15) is 0 Å². The Kier molecular flexibility index (Phi) is 4.54. The lowest BCUT2D eigenvalue weighted by atomic mass is 10.1. The number of aromatic nitrogens is 1. The minimum atomic E-state index is -0.414. The molecule has 5 rings (SSSR count). The summed E-state index contributed by atoms with van der Waals surface area (Å²) in [6.45, 7) is 1.02. The predicted octanol–water partition coefficient (Wildman–Crippen LogP) is 3.07. The van der Waals surface area contributed by atoms with Gasteiger partial charge in [-0.1, -0.05) is 0 Å². The molecule has 1 saturated heterocycles. The quantitative estimate of drug-likeness (QED) is 0.679. The van der Waals surface area contributed by atoms with E-state index in [-0.39, 0.29) is 30.8 Å². The lowest BCUT2D eigenvalue weighted by Gasteiger charge is -2.16. The van der Waals surface area contributed by atoms with E-state index in [0.29, 0.717) is 36.7 Å². The van der Waals surface area contributed by atoms with Crippen LogP contribution in [-0.2, 0) is 16.0 Å². The van der Waals surface area contributed by atoms with E-state index in [9.17, 15) is 14.0 Å². The highest BCUT2D eigenvalue weighted by Gasteiger charge is 2.34. The molecule has 2 aliphatic heterocycles. The molecule has 30 heavy (non-hydrogen) atoms. The molecule has 0 spiro atoms. The number of rotatable bonds is 5. The Morgan fingerprint density at radius 2 is 2.07 bits per heavy atom. The summed E-state index contributed by atoms with van der Waals surface area (Å²) in [7, 11) is 0. The Bertz CT molecular complexity index is 1140. The lowest BCUT2D eigenvalue weighted by molar-refractivity contribution is -0.128. The van der Waals surface area contributed by atoms with Crippen LogP contribution in [0.25, 0.3) is 10.9 Å². The summed E-state index contributed by atoms with van der Waals surface area (Å²) < 4.78 is 24.1. The molecule has 0 unspecified atom stereocenters. The first-order valence-corrected chi connectivity index (χ1v) is 9.80. The van der Waals surface area contributed by atoms with E-state index >= 15 is 0 Å². The Balaban J connectivity index is 1.21. The summed E-state index contributed by atoms with van der Waals surface area (Å²) in [5.41, 5.74) is 2.42. The van der Waals surface area contributed by atoms with Gasteiger partial charge in [-0.15, -0.1) is 0 Å². The molecule has 0 aliphatic carbocycles. The first kappa shape index (κ1) is 18.5. The molecule has 0 radical (unpaired) electrons. The fraction of sp³-hybridized carbons (Fsp3) is 0.273. The number of ether oxygens (including phenoxy) is 2. The zero-order valence-electron chi connectivity index (χ0n) is 16.1. The van der Waals surface area contributed by atoms with Crippen LogP contribution in [-0.4, -0.2) is 41.6 Å². The van der Waals surface area contributed by atoms with Crippen LogP contribution in [0.3, 0.4) is 0 Å². The molecule has 2 aromatic carbocycles. The van der Waals surface area contributed by atoms with E-state index in [4.69, 9.17) is 9.47 Å². The maximum Gasteiger partial charge on any atom is 0.231 e. The highest BCUT2D eigenvalue weighted by Crippen LogP contribution is 2.34. The Hall–Kier alpha value is -3.55. The normalized spacial score (nSPS) is 17.7. The number of nitrogens with one attached hydrogen (secondary N) is 2. The van der Waals surface area contributed by atoms with Gasteiger partial charge in [0.2, 0.25) is 18.6 Å². The summed E-state index contributed by atoms with van der Waals surface area (Å²) >= 11 is 0. The molecule has 2 N–H and O–H groups in total. The molecule has 0 saturated carbocycles. The summed E-state index contributed by atoms with van der Waals surface area (Å²) in [5, 5.41) is 3.67. The number of nitrogens with zero attached hydrogens (tertiary/aromatic N) is 1. The maximum absolute atomic E-state index is 13.6. The van der Waals surface area contributed by atoms with Crippen LogP contribution < -0.4 is 14.8 Å². The first-order valence-electron chi connectivity index (χ1n) is 9.80. The Morgan fingerprint density at radius 1 is 1.20 bits per heavy atom. The van der Waals surface area contributed by atoms with Crippen LogP contribution in [0.2, 0.25) is 0 Å². The predicted molar refractivity (Wildman–Crippen MR) is 108 cm³/mol. The molecule has 3 heterocycles. The van der Waals surface area contributed by atoms with E-state index in [0.717, 1.165) is 16.5 Å². The number of aromatic amines is 1. The van der Waals surface area contributed by atoms with E-state index < -0.39 is 5.92 Å². The second kappa shape index (κ2) is 7.37. The molecule has 3 aromatic rings. The van der Waals surface area contributed by atoms with Gasteiger partial charge in [0, 0.05) is 48.4 Å². The van der Waals surface area contributed by atoms with Crippen LogP contribution in [0, 0.1) is 11.7 Å². The summed E-state index contributed by atoms with van der Waals surface area (Å²) in [6, 6.07) is 9.81. The van der Waals surface area contributed by atoms with Crippen molar-refractivity contribution in [3.05, 3.63) is 54.0 Å². The molecule has 7 nitrogen and oxygen atoms in total. The van der Waals surface area contributed by atoms with Gasteiger partial charge in [0.25, 0.3) is 0 Å². The van der Waals surface area contributed by atoms with E-state index in [2.05, 4.69) is 10.3 Å². The van der Waals surface area contributed by atoms with Gasteiger partial charge < -0.3 is 24.7 Å². The highest BCUT2D eigenvalue weighted by molar-refractivity contribution is 5.97. The average molecular weight is 409 g/mol. The lowest BCUT2D eigenvalue weighted by Crippen LogP contribution is -2.30. The topological polar surface area (TPSA) is 83.7 Å². The van der Waals surface area contributed by atoms with Crippen molar-refractivity contribution in [2.24, 2.45) is 5.92 Å². The van der Waals surface area contributed by atoms with Gasteiger partial charge in [0.15, 0.2) is 11.5 Å². The van der Waals surface area contributed by atoms with Crippen LogP contribution in [0.5, 0.6) is 11.5 Å². The SMILES string of the molecule is O=C(Nc1ccc2c(c1)OCO2)[C@H]1CC(=O)N(CCc2c[nH]c3ccc(F)cc23)C1. The minimum Gasteiger partial charge on any atom is -0.454 e. The van der Waals surface area contributed by atoms with Gasteiger partial charge in [0.05, 0.1) is 5.92 Å². The second-order valence-corrected chi connectivity index (χ2v) is 7.55. The number of amides is 2. The Morgan fingerprint density at radius 3 is 2.97 bits per heavy atom. The number of hydrogen-bond donors (Lipinski definition) is 2. The van der Waals surface area contributed by atoms with Crippen molar-refractivity contribution in [3.63, 3.8) is 0 Å². The van der Waals surface area contributed by atoms with Gasteiger partial charge in [-0.25, -0.2) is 4.39 Å². The maximum atomic E-state index is 13.6. The van der Waals surface area contributed by atoms with Gasteiger partial charge in [0.1, 0.15) is 5.82 Å². The molecule has 8 heteroatoms. The number of carbonyl (C=O) groups is 2. The molecule has 0 bridgehead atoms. The fourth-order valence-corrected chi connectivity index (χ4v) is 4.00. The average Bonchev–Trinajstić information content (AvgIpc) is 3.44. The van der Waals surface area contributed by atoms with Gasteiger partial charge >= 0.3 is 0 Å². The number of likely N-dealkylation sites (tertiary alicyclic amines) is 1. The monoisotopic (exact) mass is 409 g/mol. The van der Waals surface area contributed by atoms with Crippen LogP contribution in [0.1, 0.15) is 12.0 Å². The van der Waals surface area contributed by atoms with Gasteiger partial charge in [-0.3, -0.25) is 9.59 Å². The molecular formula is C22H20FN3O4. The van der Waals surface area contributed by atoms with E-state index in [1.165, 1.54) is 12.1 Å². The van der Waals surface area contributed by atoms with Crippen LogP contribution in [0.4, 0.5) is 10.1 Å². The fourth-order valence-electron chi connectivity index (χ4n) is 4.00. The minimum absolute atomic E-state index is 0.0492. The molecule has 2 amide bonds. The number of hydrogen-bond acceptors (Lipinski definition) is 4. The summed E-state index contributed by atoms with van der Waals surface area (Å²) in [4.78, 5) is 29.9. The zero-order valence-corrected chi connectivity index (χ0v) is 16.1. The van der Waals surface area contributed by atoms with Crippen molar-refractivity contribution in [2.75, 3.05) is 25.2 Å². The third-order valence-electron chi connectivity index (χ3n) is 5.61. The number of anilines is 1. The van der Waals surface area contributed by atoms with Crippen molar-refractivity contribution in [1.29, 1.82) is 0 Å². The number of benzene rings is 2. The zero-order chi connectivity index (χ0) is 20.7. The number of halogens is 1. The van der Waals surface area contributed by atoms with E-state index in [1.807, 2.05) is 6.20 Å². The number of carbonyl (C=O) groups excluding carboxylic acids is 2. The van der Waals surface area contributed by atoms with Crippen molar-refractivity contribution in [3.8, 4) is 11.5 Å². The van der Waals surface area contributed by atoms with E-state index in [1.54, 1.807) is 29.2 Å². The molecular weight excluding hydrogens is 389 g/mol. The summed E-state index contributed by atoms with van der Waals surface area (Å²) in [6.07, 6.45) is 2.61. The number of fused-ring (bicyclic) bond motifs is 2. The second-order valence-electron chi connectivity index (χ2n) is 7.55. The standard InChI is InChI=1S/C22H20FN3O4/c23-15-1-3-18-17(8-15)13(10-24-18)5-6-26-11-14(7-21(26)27)22(28)25-16-2-4-19-20(9-16)30-12-29-19/h1-4,8-10,14,24H,5-7,11-12H2,(H,25,28)/t14-/m0/s1. The van der Waals surface area contributed by atoms with Crippen molar-refractivity contribution < 1.29 is 23.5 Å². The van der Waals surface area contributed by atoms with Crippen LogP contribution >= 0.6 is 0 Å². The Labute approximate surface area is 171 Å². The third kappa shape index (κ3) is 3.45. The third-order valence-corrected chi connectivity index (χ3v) is 5.61.